The molecule has 1 fully saturated rings. The summed E-state index contributed by atoms with van der Waals surface area (Å²) in [4.78, 5) is 24.3. The maximum atomic E-state index is 11.3. The minimum atomic E-state index is -0.303. The van der Waals surface area contributed by atoms with Gasteiger partial charge in [0.15, 0.2) is 0 Å². The van der Waals surface area contributed by atoms with Crippen LogP contribution in [0, 0.1) is 6.92 Å². The first-order valence-electron chi connectivity index (χ1n) is 5.43. The molecule has 1 atom stereocenters. The lowest BCUT2D eigenvalue weighted by Crippen LogP contribution is -2.53. The predicted octanol–water partition coefficient (Wildman–Crippen LogP) is -0.454. The van der Waals surface area contributed by atoms with Gasteiger partial charge in [-0.05, 0) is 19.1 Å². The van der Waals surface area contributed by atoms with Gasteiger partial charge >= 0.3 is 0 Å². The van der Waals surface area contributed by atoms with Crippen molar-refractivity contribution in [1.29, 1.82) is 0 Å². The molecule has 0 radical (unpaired) electrons. The summed E-state index contributed by atoms with van der Waals surface area (Å²) in [7, 11) is 0. The smallest absolute Gasteiger partial charge is 0.240 e. The summed E-state index contributed by atoms with van der Waals surface area (Å²) in [5, 5.41) is 2.25. The monoisotopic (exact) mass is 237 g/mol. The van der Waals surface area contributed by atoms with E-state index in [1.807, 2.05) is 19.1 Å². The number of carbonyl (C=O) groups is 2. The molecule has 3 N–H and O–H groups in total. The van der Waals surface area contributed by atoms with Gasteiger partial charge < -0.3 is 10.2 Å². The summed E-state index contributed by atoms with van der Waals surface area (Å²) in [6.07, 6.45) is 0. The largest absolute Gasteiger partial charge is 0.465 e. The summed E-state index contributed by atoms with van der Waals surface area (Å²) < 4.78 is 5.50. The van der Waals surface area contributed by atoms with Crippen LogP contribution in [0.2, 0.25) is 0 Å². The second kappa shape index (κ2) is 4.68. The van der Waals surface area contributed by atoms with E-state index in [0.717, 1.165) is 5.76 Å². The van der Waals surface area contributed by atoms with Gasteiger partial charge in [-0.3, -0.25) is 19.8 Å². The quantitative estimate of drug-likeness (QED) is 0.695. The van der Waals surface area contributed by atoms with Crippen LogP contribution >= 0.6 is 0 Å². The molecule has 1 aromatic heterocycles. The Morgan fingerprint density at radius 3 is 2.53 bits per heavy atom. The van der Waals surface area contributed by atoms with Crippen molar-refractivity contribution in [3.8, 4) is 0 Å². The van der Waals surface area contributed by atoms with Gasteiger partial charge in [0.05, 0.1) is 19.1 Å². The van der Waals surface area contributed by atoms with E-state index in [0.29, 0.717) is 12.3 Å². The zero-order chi connectivity index (χ0) is 12.4. The molecule has 6 nitrogen and oxygen atoms in total. The van der Waals surface area contributed by atoms with Crippen LogP contribution in [0.3, 0.4) is 0 Å². The molecular formula is C11H15N3O3. The number of piperazine rings is 1. The van der Waals surface area contributed by atoms with Crippen LogP contribution < -0.4 is 11.1 Å². The number of furan rings is 1. The zero-order valence-corrected chi connectivity index (χ0v) is 9.60. The molecule has 1 aliphatic rings. The number of aryl methyl sites for hydroxylation is 1. The van der Waals surface area contributed by atoms with Crippen molar-refractivity contribution in [2.75, 3.05) is 19.6 Å². The van der Waals surface area contributed by atoms with Crippen LogP contribution in [0.5, 0.6) is 0 Å². The SMILES string of the molecule is Cc1ccc(C(CN)N2CC(=O)NC(=O)C2)o1. The average molecular weight is 237 g/mol. The lowest BCUT2D eigenvalue weighted by atomic mass is 10.1. The van der Waals surface area contributed by atoms with Crippen molar-refractivity contribution >= 4 is 11.8 Å². The molecule has 1 unspecified atom stereocenters. The Morgan fingerprint density at radius 2 is 2.06 bits per heavy atom. The summed E-state index contributed by atoms with van der Waals surface area (Å²) in [5.74, 6) is 0.865. The molecule has 1 aliphatic heterocycles. The van der Waals surface area contributed by atoms with E-state index in [4.69, 9.17) is 10.2 Å². The highest BCUT2D eigenvalue weighted by atomic mass is 16.3. The minimum absolute atomic E-state index is 0.160. The van der Waals surface area contributed by atoms with E-state index >= 15 is 0 Å². The normalized spacial score (nSPS) is 19.2. The third-order valence-corrected chi connectivity index (χ3v) is 2.73. The maximum Gasteiger partial charge on any atom is 0.240 e. The Hall–Kier alpha value is -1.66. The summed E-state index contributed by atoms with van der Waals surface area (Å²) in [6.45, 7) is 2.46. The lowest BCUT2D eigenvalue weighted by Gasteiger charge is -2.31. The lowest BCUT2D eigenvalue weighted by molar-refractivity contribution is -0.137. The number of hydrogen-bond donors (Lipinski definition) is 2. The van der Waals surface area contributed by atoms with Crippen molar-refractivity contribution in [3.63, 3.8) is 0 Å². The molecule has 1 aromatic rings. The third-order valence-electron chi connectivity index (χ3n) is 2.73. The van der Waals surface area contributed by atoms with E-state index in [2.05, 4.69) is 5.32 Å². The highest BCUT2D eigenvalue weighted by Gasteiger charge is 2.30. The molecule has 0 aromatic carbocycles. The number of amides is 2. The molecule has 0 bridgehead atoms. The average Bonchev–Trinajstić information content (AvgIpc) is 2.64. The number of hydrogen-bond acceptors (Lipinski definition) is 5. The second-order valence-electron chi connectivity index (χ2n) is 4.08. The maximum absolute atomic E-state index is 11.3. The van der Waals surface area contributed by atoms with Crippen molar-refractivity contribution < 1.29 is 14.0 Å². The first-order chi connectivity index (χ1) is 8.10. The number of carbonyl (C=O) groups excluding carboxylic acids is 2. The Balaban J connectivity index is 2.18. The molecule has 6 heteroatoms. The Morgan fingerprint density at radius 1 is 1.41 bits per heavy atom. The number of nitrogens with zero attached hydrogens (tertiary/aromatic N) is 1. The molecule has 2 amide bonds. The summed E-state index contributed by atoms with van der Waals surface area (Å²) in [6, 6.07) is 3.42. The van der Waals surface area contributed by atoms with Gasteiger partial charge in [-0.25, -0.2) is 0 Å². The summed E-state index contributed by atoms with van der Waals surface area (Å²) >= 11 is 0. The fourth-order valence-electron chi connectivity index (χ4n) is 1.96. The van der Waals surface area contributed by atoms with Gasteiger partial charge in [0.25, 0.3) is 0 Å². The van der Waals surface area contributed by atoms with Gasteiger partial charge in [0.1, 0.15) is 11.5 Å². The molecular weight excluding hydrogens is 222 g/mol. The van der Waals surface area contributed by atoms with Crippen molar-refractivity contribution in [1.82, 2.24) is 10.2 Å². The molecule has 92 valence electrons. The van der Waals surface area contributed by atoms with Gasteiger partial charge in [-0.15, -0.1) is 0 Å². The molecule has 0 aliphatic carbocycles. The number of rotatable bonds is 3. The Labute approximate surface area is 98.7 Å². The molecule has 0 saturated carbocycles. The van der Waals surface area contributed by atoms with E-state index < -0.39 is 0 Å². The first-order valence-corrected chi connectivity index (χ1v) is 5.43. The molecule has 2 heterocycles. The van der Waals surface area contributed by atoms with Crippen molar-refractivity contribution in [3.05, 3.63) is 23.7 Å². The minimum Gasteiger partial charge on any atom is -0.465 e. The zero-order valence-electron chi connectivity index (χ0n) is 9.60. The predicted molar refractivity (Wildman–Crippen MR) is 60.0 cm³/mol. The summed E-state index contributed by atoms with van der Waals surface area (Å²) in [5.41, 5.74) is 5.69. The first kappa shape index (κ1) is 11.8. The Kier molecular flexibility index (Phi) is 3.26. The number of nitrogens with one attached hydrogen (secondary N) is 1. The fraction of sp³-hybridized carbons (Fsp3) is 0.455. The van der Waals surface area contributed by atoms with Crippen LogP contribution in [0.1, 0.15) is 17.6 Å². The highest BCUT2D eigenvalue weighted by molar-refractivity contribution is 5.99. The van der Waals surface area contributed by atoms with Crippen LogP contribution in [-0.2, 0) is 9.59 Å². The molecule has 2 rings (SSSR count). The fourth-order valence-corrected chi connectivity index (χ4v) is 1.96. The van der Waals surface area contributed by atoms with Gasteiger partial charge in [0, 0.05) is 6.54 Å². The van der Waals surface area contributed by atoms with Crippen LogP contribution in [0.25, 0.3) is 0 Å². The van der Waals surface area contributed by atoms with Gasteiger partial charge in [0.2, 0.25) is 11.8 Å². The Bertz CT molecular complexity index is 425. The van der Waals surface area contributed by atoms with Gasteiger partial charge in [-0.2, -0.15) is 0 Å². The van der Waals surface area contributed by atoms with E-state index in [9.17, 15) is 9.59 Å². The van der Waals surface area contributed by atoms with E-state index in [-0.39, 0.29) is 30.9 Å². The molecule has 0 spiro atoms. The van der Waals surface area contributed by atoms with Crippen LogP contribution in [0.15, 0.2) is 16.5 Å². The molecule has 17 heavy (non-hydrogen) atoms. The van der Waals surface area contributed by atoms with Crippen molar-refractivity contribution in [2.45, 2.75) is 13.0 Å². The number of imide groups is 1. The van der Waals surface area contributed by atoms with Gasteiger partial charge in [-0.1, -0.05) is 0 Å². The van der Waals surface area contributed by atoms with Crippen molar-refractivity contribution in [2.24, 2.45) is 5.73 Å². The van der Waals surface area contributed by atoms with Crippen LogP contribution in [0.4, 0.5) is 0 Å². The van der Waals surface area contributed by atoms with E-state index in [1.165, 1.54) is 0 Å². The highest BCUT2D eigenvalue weighted by Crippen LogP contribution is 2.22. The molecule has 1 saturated heterocycles. The topological polar surface area (TPSA) is 88.6 Å². The third kappa shape index (κ3) is 2.54. The standard InChI is InChI=1S/C11H15N3O3/c1-7-2-3-9(17-7)8(4-12)14-5-10(15)13-11(16)6-14/h2-3,8H,4-6,12H2,1H3,(H,13,15,16). The second-order valence-corrected chi connectivity index (χ2v) is 4.08. The number of nitrogens with two attached hydrogens (primary N) is 1. The van der Waals surface area contributed by atoms with E-state index in [1.54, 1.807) is 4.90 Å². The van der Waals surface area contributed by atoms with Crippen LogP contribution in [-0.4, -0.2) is 36.3 Å².